The minimum absolute atomic E-state index is 0.791. The molecule has 0 fully saturated rings. The van der Waals surface area contributed by atoms with Crippen molar-refractivity contribution in [2.75, 3.05) is 0 Å². The lowest BCUT2D eigenvalue weighted by atomic mass is 10.1. The maximum Gasteiger partial charge on any atom is 0.117 e. The lowest BCUT2D eigenvalue weighted by molar-refractivity contribution is 0.228. The van der Waals surface area contributed by atoms with E-state index in [-0.39, 0.29) is 0 Å². The molecule has 0 saturated carbocycles. The van der Waals surface area contributed by atoms with Crippen LogP contribution in [0, 0.1) is 0 Å². The van der Waals surface area contributed by atoms with Gasteiger partial charge in [-0.1, -0.05) is 18.2 Å². The van der Waals surface area contributed by atoms with E-state index in [1.807, 2.05) is 24.4 Å². The van der Waals surface area contributed by atoms with Gasteiger partial charge < -0.3 is 4.42 Å². The van der Waals surface area contributed by atoms with Gasteiger partial charge in [-0.05, 0) is 52.2 Å². The Balaban J connectivity index is 1.62. The third kappa shape index (κ3) is 3.40. The zero-order valence-corrected chi connectivity index (χ0v) is 14.1. The molecule has 0 atom stereocenters. The Labute approximate surface area is 145 Å². The van der Waals surface area contributed by atoms with E-state index in [1.165, 1.54) is 16.5 Å². The molecule has 24 heavy (non-hydrogen) atoms. The molecule has 0 saturated heterocycles. The number of furan rings is 1. The number of hydrogen-bond donors (Lipinski definition) is 0. The maximum atomic E-state index is 5.56. The number of pyridine rings is 1. The Morgan fingerprint density at radius 2 is 1.92 bits per heavy atom. The maximum absolute atomic E-state index is 5.56. The Bertz CT molecular complexity index is 859. The minimum atomic E-state index is 0.791. The Morgan fingerprint density at radius 1 is 0.958 bits per heavy atom. The molecule has 3 heterocycles. The fraction of sp³-hybridized carbons (Fsp3) is 0.150. The van der Waals surface area contributed by atoms with Gasteiger partial charge in [0.1, 0.15) is 5.76 Å². The van der Waals surface area contributed by atoms with Gasteiger partial charge in [-0.25, -0.2) is 0 Å². The van der Waals surface area contributed by atoms with E-state index in [0.717, 1.165) is 30.9 Å². The first-order chi connectivity index (χ1) is 11.9. The molecule has 0 aliphatic rings. The summed E-state index contributed by atoms with van der Waals surface area (Å²) >= 11 is 1.74. The van der Waals surface area contributed by atoms with Crippen LogP contribution in [0.25, 0.3) is 10.9 Å². The molecular formula is C20H18N2OS. The summed E-state index contributed by atoms with van der Waals surface area (Å²) < 4.78 is 5.56. The summed E-state index contributed by atoms with van der Waals surface area (Å²) in [5, 5.41) is 5.55. The molecule has 0 aliphatic carbocycles. The number of thiophene rings is 1. The molecule has 0 spiro atoms. The summed E-state index contributed by atoms with van der Waals surface area (Å²) in [5.74, 6) is 0.989. The van der Waals surface area contributed by atoms with Gasteiger partial charge in [0.15, 0.2) is 0 Å². The van der Waals surface area contributed by atoms with Gasteiger partial charge in [0.2, 0.25) is 0 Å². The van der Waals surface area contributed by atoms with Crippen molar-refractivity contribution in [1.82, 2.24) is 9.88 Å². The zero-order valence-electron chi connectivity index (χ0n) is 13.3. The van der Waals surface area contributed by atoms with E-state index in [2.05, 4.69) is 51.0 Å². The van der Waals surface area contributed by atoms with Gasteiger partial charge in [0, 0.05) is 24.7 Å². The second-order valence-electron chi connectivity index (χ2n) is 5.84. The number of aromatic nitrogens is 1. The fourth-order valence-corrected chi connectivity index (χ4v) is 3.63. The van der Waals surface area contributed by atoms with Crippen molar-refractivity contribution >= 4 is 22.2 Å². The molecule has 4 rings (SSSR count). The van der Waals surface area contributed by atoms with E-state index >= 15 is 0 Å². The lowest BCUT2D eigenvalue weighted by Gasteiger charge is -2.21. The first-order valence-electron chi connectivity index (χ1n) is 7.97. The number of hydrogen-bond acceptors (Lipinski definition) is 4. The third-order valence-corrected chi connectivity index (χ3v) is 4.81. The lowest BCUT2D eigenvalue weighted by Crippen LogP contribution is -2.22. The van der Waals surface area contributed by atoms with Crippen LogP contribution in [0.5, 0.6) is 0 Å². The summed E-state index contributed by atoms with van der Waals surface area (Å²) in [6.45, 7) is 2.56. The van der Waals surface area contributed by atoms with Crippen LogP contribution in [0.1, 0.15) is 16.9 Å². The highest BCUT2D eigenvalue weighted by Gasteiger charge is 2.12. The highest BCUT2D eigenvalue weighted by Crippen LogP contribution is 2.21. The van der Waals surface area contributed by atoms with Crippen LogP contribution < -0.4 is 0 Å². The molecule has 0 radical (unpaired) electrons. The fourth-order valence-electron chi connectivity index (χ4n) is 2.97. The summed E-state index contributed by atoms with van der Waals surface area (Å²) in [5.41, 5.74) is 3.68. The van der Waals surface area contributed by atoms with Crippen molar-refractivity contribution in [3.63, 3.8) is 0 Å². The van der Waals surface area contributed by atoms with Crippen molar-refractivity contribution in [3.8, 4) is 0 Å². The number of rotatable bonds is 6. The second-order valence-corrected chi connectivity index (χ2v) is 6.62. The van der Waals surface area contributed by atoms with E-state index in [9.17, 15) is 0 Å². The number of nitrogens with zero attached hydrogens (tertiary/aromatic N) is 2. The molecule has 120 valence electrons. The number of para-hydroxylation sites is 1. The molecular weight excluding hydrogens is 316 g/mol. The first-order valence-corrected chi connectivity index (χ1v) is 8.91. The van der Waals surface area contributed by atoms with Gasteiger partial charge in [-0.3, -0.25) is 9.88 Å². The first kappa shape index (κ1) is 15.1. The predicted molar refractivity (Wildman–Crippen MR) is 97.7 cm³/mol. The van der Waals surface area contributed by atoms with Crippen molar-refractivity contribution in [1.29, 1.82) is 0 Å². The zero-order chi connectivity index (χ0) is 16.2. The SMILES string of the molecule is c1coc(CN(Cc2ccsc2)Cc2ccnc3ccccc23)c1. The number of fused-ring (bicyclic) bond motifs is 1. The van der Waals surface area contributed by atoms with Crippen LogP contribution in [0.2, 0.25) is 0 Å². The van der Waals surface area contributed by atoms with Gasteiger partial charge in [0.05, 0.1) is 18.3 Å². The third-order valence-electron chi connectivity index (χ3n) is 4.08. The minimum Gasteiger partial charge on any atom is -0.468 e. The summed E-state index contributed by atoms with van der Waals surface area (Å²) in [6.07, 6.45) is 3.63. The van der Waals surface area contributed by atoms with Gasteiger partial charge in [-0.15, -0.1) is 0 Å². The molecule has 4 heteroatoms. The molecule has 0 N–H and O–H groups in total. The topological polar surface area (TPSA) is 29.3 Å². The monoisotopic (exact) mass is 334 g/mol. The van der Waals surface area contributed by atoms with Crippen LogP contribution in [0.15, 0.2) is 76.2 Å². The quantitative estimate of drug-likeness (QED) is 0.492. The van der Waals surface area contributed by atoms with Crippen LogP contribution >= 0.6 is 11.3 Å². The molecule has 0 unspecified atom stereocenters. The summed E-state index contributed by atoms with van der Waals surface area (Å²) in [7, 11) is 0. The highest BCUT2D eigenvalue weighted by molar-refractivity contribution is 7.07. The van der Waals surface area contributed by atoms with Crippen molar-refractivity contribution in [2.45, 2.75) is 19.6 Å². The molecule has 0 amide bonds. The number of benzene rings is 1. The van der Waals surface area contributed by atoms with E-state index in [4.69, 9.17) is 4.42 Å². The van der Waals surface area contributed by atoms with E-state index in [0.29, 0.717) is 0 Å². The summed E-state index contributed by atoms with van der Waals surface area (Å²) in [6, 6.07) is 16.6. The molecule has 3 nitrogen and oxygen atoms in total. The van der Waals surface area contributed by atoms with E-state index in [1.54, 1.807) is 17.6 Å². The van der Waals surface area contributed by atoms with Crippen molar-refractivity contribution in [2.24, 2.45) is 0 Å². The summed E-state index contributed by atoms with van der Waals surface area (Å²) in [4.78, 5) is 6.87. The van der Waals surface area contributed by atoms with Gasteiger partial charge in [0.25, 0.3) is 0 Å². The van der Waals surface area contributed by atoms with Crippen LogP contribution in [-0.2, 0) is 19.6 Å². The standard InChI is InChI=1S/C20H18N2OS/c1-2-6-20-19(5-1)17(7-9-21-20)13-22(12-16-8-11-24-15-16)14-18-4-3-10-23-18/h1-11,15H,12-14H2. The largest absolute Gasteiger partial charge is 0.468 e. The highest BCUT2D eigenvalue weighted by atomic mass is 32.1. The molecule has 3 aromatic heterocycles. The average molecular weight is 334 g/mol. The van der Waals surface area contributed by atoms with Crippen LogP contribution in [0.3, 0.4) is 0 Å². The van der Waals surface area contributed by atoms with E-state index < -0.39 is 0 Å². The van der Waals surface area contributed by atoms with Crippen molar-refractivity contribution in [3.05, 3.63) is 88.6 Å². The van der Waals surface area contributed by atoms with Crippen LogP contribution in [0.4, 0.5) is 0 Å². The van der Waals surface area contributed by atoms with Crippen LogP contribution in [-0.4, -0.2) is 9.88 Å². The smallest absolute Gasteiger partial charge is 0.117 e. The second kappa shape index (κ2) is 6.99. The van der Waals surface area contributed by atoms with Crippen molar-refractivity contribution < 1.29 is 4.42 Å². The van der Waals surface area contributed by atoms with Gasteiger partial charge in [-0.2, -0.15) is 11.3 Å². The molecule has 0 aliphatic heterocycles. The molecule has 1 aromatic carbocycles. The predicted octanol–water partition coefficient (Wildman–Crippen LogP) is 5.09. The Hall–Kier alpha value is -2.43. The molecule has 4 aromatic rings. The Kier molecular flexibility index (Phi) is 4.40. The molecule has 0 bridgehead atoms. The Morgan fingerprint density at radius 3 is 2.75 bits per heavy atom. The average Bonchev–Trinajstić information content (AvgIpc) is 3.29. The normalized spacial score (nSPS) is 11.4. The van der Waals surface area contributed by atoms with Gasteiger partial charge >= 0.3 is 0 Å².